The van der Waals surface area contributed by atoms with Gasteiger partial charge in [-0.2, -0.15) is 0 Å². The van der Waals surface area contributed by atoms with Crippen molar-refractivity contribution in [2.45, 2.75) is 29.8 Å². The Hall–Kier alpha value is -1.40. The molecule has 3 rings (SSSR count). The number of amidine groups is 1. The molecule has 1 aromatic carbocycles. The highest BCUT2D eigenvalue weighted by Crippen LogP contribution is 2.32. The molecule has 1 aliphatic carbocycles. The predicted octanol–water partition coefficient (Wildman–Crippen LogP) is 0.640. The van der Waals surface area contributed by atoms with Crippen molar-refractivity contribution in [2.75, 3.05) is 6.54 Å². The van der Waals surface area contributed by atoms with Crippen LogP contribution in [0.2, 0.25) is 0 Å². The Kier molecular flexibility index (Phi) is 2.46. The predicted molar refractivity (Wildman–Crippen MR) is 67.0 cm³/mol. The van der Waals surface area contributed by atoms with E-state index in [1.807, 2.05) is 0 Å². The van der Waals surface area contributed by atoms with Crippen molar-refractivity contribution in [1.82, 2.24) is 4.72 Å². The molecule has 0 spiro atoms. The van der Waals surface area contributed by atoms with Crippen molar-refractivity contribution in [1.29, 1.82) is 0 Å². The van der Waals surface area contributed by atoms with Crippen molar-refractivity contribution in [3.63, 3.8) is 0 Å². The number of aliphatic hydroxyl groups is 1. The van der Waals surface area contributed by atoms with Crippen LogP contribution >= 0.6 is 0 Å². The molecule has 1 aromatic rings. The van der Waals surface area contributed by atoms with Crippen LogP contribution in [0.3, 0.4) is 0 Å². The van der Waals surface area contributed by atoms with E-state index in [0.717, 1.165) is 19.3 Å². The van der Waals surface area contributed by atoms with Crippen LogP contribution in [-0.4, -0.2) is 31.5 Å². The van der Waals surface area contributed by atoms with Crippen LogP contribution in [-0.2, 0) is 10.0 Å². The van der Waals surface area contributed by atoms with Gasteiger partial charge in [0.15, 0.2) is 0 Å². The summed E-state index contributed by atoms with van der Waals surface area (Å²) in [6.07, 6.45) is 2.47. The molecule has 0 aromatic heterocycles. The molecule has 96 valence electrons. The average molecular weight is 266 g/mol. The lowest BCUT2D eigenvalue weighted by molar-refractivity contribution is -0.0235. The van der Waals surface area contributed by atoms with Gasteiger partial charge in [0, 0.05) is 5.56 Å². The molecule has 0 atom stereocenters. The van der Waals surface area contributed by atoms with E-state index in [1.165, 1.54) is 0 Å². The van der Waals surface area contributed by atoms with Crippen LogP contribution in [0.5, 0.6) is 0 Å². The van der Waals surface area contributed by atoms with Gasteiger partial charge in [-0.1, -0.05) is 12.1 Å². The first kappa shape index (κ1) is 11.7. The Morgan fingerprint density at radius 1 is 1.33 bits per heavy atom. The van der Waals surface area contributed by atoms with E-state index < -0.39 is 15.6 Å². The van der Waals surface area contributed by atoms with Crippen LogP contribution < -0.4 is 4.72 Å². The summed E-state index contributed by atoms with van der Waals surface area (Å²) in [4.78, 5) is 4.48. The van der Waals surface area contributed by atoms with Gasteiger partial charge in [0.25, 0.3) is 10.0 Å². The Labute approximate surface area is 106 Å². The molecular formula is C12H14N2O3S. The van der Waals surface area contributed by atoms with Crippen LogP contribution in [0.1, 0.15) is 24.8 Å². The number of nitrogens with zero attached hydrogens (tertiary/aromatic N) is 1. The third kappa shape index (κ3) is 1.81. The Morgan fingerprint density at radius 2 is 2.06 bits per heavy atom. The van der Waals surface area contributed by atoms with E-state index in [1.54, 1.807) is 24.3 Å². The summed E-state index contributed by atoms with van der Waals surface area (Å²) in [5.74, 6) is 0.339. The van der Waals surface area contributed by atoms with Crippen LogP contribution in [0, 0.1) is 0 Å². The topological polar surface area (TPSA) is 78.8 Å². The number of hydrogen-bond donors (Lipinski definition) is 2. The maximum absolute atomic E-state index is 11.8. The van der Waals surface area contributed by atoms with Gasteiger partial charge >= 0.3 is 0 Å². The summed E-state index contributed by atoms with van der Waals surface area (Å²) in [5, 5.41) is 9.96. The largest absolute Gasteiger partial charge is 0.388 e. The fourth-order valence-electron chi connectivity index (χ4n) is 2.22. The zero-order chi connectivity index (χ0) is 12.8. The molecule has 0 saturated heterocycles. The standard InChI is InChI=1S/C12H14N2O3S/c15-12(6-3-7-12)8-13-11-9-4-1-2-5-10(9)18(16,17)14-11/h1-2,4-5,15H,3,6-8H2,(H,13,14). The molecule has 0 bridgehead atoms. The molecular weight excluding hydrogens is 252 g/mol. The minimum atomic E-state index is -3.47. The third-order valence-electron chi connectivity index (χ3n) is 3.48. The quantitative estimate of drug-likeness (QED) is 0.824. The van der Waals surface area contributed by atoms with Crippen LogP contribution in [0.25, 0.3) is 0 Å². The smallest absolute Gasteiger partial charge is 0.263 e. The van der Waals surface area contributed by atoms with Crippen LogP contribution in [0.15, 0.2) is 34.2 Å². The second-order valence-electron chi connectivity index (χ2n) is 4.84. The van der Waals surface area contributed by atoms with E-state index in [9.17, 15) is 13.5 Å². The Balaban J connectivity index is 1.94. The van der Waals surface area contributed by atoms with Crippen LogP contribution in [0.4, 0.5) is 0 Å². The molecule has 2 N–H and O–H groups in total. The lowest BCUT2D eigenvalue weighted by Gasteiger charge is -2.35. The second-order valence-corrected chi connectivity index (χ2v) is 6.50. The number of nitrogens with one attached hydrogen (secondary N) is 1. The highest BCUT2D eigenvalue weighted by molar-refractivity contribution is 7.90. The van der Waals surface area contributed by atoms with Crippen molar-refractivity contribution >= 4 is 15.9 Å². The molecule has 0 radical (unpaired) electrons. The number of sulfonamides is 1. The molecule has 18 heavy (non-hydrogen) atoms. The molecule has 2 aliphatic rings. The first-order chi connectivity index (χ1) is 8.50. The van der Waals surface area contributed by atoms with Gasteiger partial charge in [0.05, 0.1) is 17.0 Å². The van der Waals surface area contributed by atoms with Gasteiger partial charge in [0.1, 0.15) is 5.84 Å². The first-order valence-electron chi connectivity index (χ1n) is 5.89. The fraction of sp³-hybridized carbons (Fsp3) is 0.417. The highest BCUT2D eigenvalue weighted by atomic mass is 32.2. The lowest BCUT2D eigenvalue weighted by Crippen LogP contribution is -2.40. The highest BCUT2D eigenvalue weighted by Gasteiger charge is 2.35. The molecule has 1 aliphatic heterocycles. The zero-order valence-corrected chi connectivity index (χ0v) is 10.6. The summed E-state index contributed by atoms with van der Waals surface area (Å²) in [6.45, 7) is 0.249. The summed E-state index contributed by atoms with van der Waals surface area (Å²) in [6, 6.07) is 6.73. The van der Waals surface area contributed by atoms with Gasteiger partial charge in [-0.05, 0) is 31.4 Å². The summed E-state index contributed by atoms with van der Waals surface area (Å²) in [7, 11) is -3.47. The maximum atomic E-state index is 11.8. The summed E-state index contributed by atoms with van der Waals surface area (Å²) in [5.41, 5.74) is -0.156. The molecule has 1 saturated carbocycles. The minimum Gasteiger partial charge on any atom is -0.388 e. The molecule has 0 unspecified atom stereocenters. The second kappa shape index (κ2) is 3.80. The van der Waals surface area contributed by atoms with Gasteiger partial charge in [-0.25, -0.2) is 8.42 Å². The van der Waals surface area contributed by atoms with E-state index in [-0.39, 0.29) is 11.4 Å². The monoisotopic (exact) mass is 266 g/mol. The van der Waals surface area contributed by atoms with Crippen molar-refractivity contribution in [2.24, 2.45) is 4.99 Å². The molecule has 6 heteroatoms. The molecule has 1 heterocycles. The minimum absolute atomic E-state index is 0.249. The van der Waals surface area contributed by atoms with Crippen molar-refractivity contribution in [3.8, 4) is 0 Å². The normalized spacial score (nSPS) is 25.3. The lowest BCUT2D eigenvalue weighted by atomic mass is 9.80. The van der Waals surface area contributed by atoms with Gasteiger partial charge in [-0.3, -0.25) is 9.71 Å². The SMILES string of the molecule is O=S1(=O)NC(=NCC2(O)CCC2)c2ccccc21. The number of benzene rings is 1. The van der Waals surface area contributed by atoms with E-state index in [4.69, 9.17) is 0 Å². The first-order valence-corrected chi connectivity index (χ1v) is 7.38. The maximum Gasteiger partial charge on any atom is 0.263 e. The summed E-state index contributed by atoms with van der Waals surface area (Å²) < 4.78 is 26.1. The number of hydrogen-bond acceptors (Lipinski definition) is 4. The molecule has 0 amide bonds. The molecule has 5 nitrogen and oxygen atoms in total. The average Bonchev–Trinajstić information content (AvgIpc) is 2.57. The van der Waals surface area contributed by atoms with Gasteiger partial charge in [0.2, 0.25) is 0 Å². The van der Waals surface area contributed by atoms with E-state index >= 15 is 0 Å². The fourth-order valence-corrected chi connectivity index (χ4v) is 3.47. The Morgan fingerprint density at radius 3 is 2.72 bits per heavy atom. The third-order valence-corrected chi connectivity index (χ3v) is 4.88. The van der Waals surface area contributed by atoms with E-state index in [0.29, 0.717) is 11.4 Å². The van der Waals surface area contributed by atoms with Crippen molar-refractivity contribution in [3.05, 3.63) is 29.8 Å². The van der Waals surface area contributed by atoms with Gasteiger partial charge in [-0.15, -0.1) is 0 Å². The van der Waals surface area contributed by atoms with Crippen molar-refractivity contribution < 1.29 is 13.5 Å². The van der Waals surface area contributed by atoms with Gasteiger partial charge < -0.3 is 5.11 Å². The van der Waals surface area contributed by atoms with E-state index in [2.05, 4.69) is 9.71 Å². The number of fused-ring (bicyclic) bond motifs is 1. The Bertz CT molecular complexity index is 618. The number of rotatable bonds is 2. The number of aliphatic imine (C=N–C) groups is 1. The summed E-state index contributed by atoms with van der Waals surface area (Å²) >= 11 is 0. The zero-order valence-electron chi connectivity index (χ0n) is 9.76. The molecule has 1 fully saturated rings.